The van der Waals surface area contributed by atoms with Crippen LogP contribution in [0.3, 0.4) is 0 Å². The average molecular weight is 258 g/mol. The summed E-state index contributed by atoms with van der Waals surface area (Å²) >= 11 is 0. The van der Waals surface area contributed by atoms with Crippen LogP contribution in [0.15, 0.2) is 36.8 Å². The fourth-order valence-corrected chi connectivity index (χ4v) is 1.77. The van der Waals surface area contributed by atoms with Crippen LogP contribution in [0.25, 0.3) is 0 Å². The van der Waals surface area contributed by atoms with Gasteiger partial charge in [-0.1, -0.05) is 6.07 Å². The molecule has 0 atom stereocenters. The predicted octanol–water partition coefficient (Wildman–Crippen LogP) is 2.30. The van der Waals surface area contributed by atoms with E-state index in [1.165, 1.54) is 6.33 Å². The van der Waals surface area contributed by atoms with Crippen LogP contribution in [0.4, 0.5) is 5.82 Å². The molecule has 0 aliphatic rings. The highest BCUT2D eigenvalue weighted by Crippen LogP contribution is 2.17. The third kappa shape index (κ3) is 3.64. The summed E-state index contributed by atoms with van der Waals surface area (Å²) in [6.07, 6.45) is 3.33. The Labute approximate surface area is 113 Å². The van der Waals surface area contributed by atoms with Gasteiger partial charge in [0, 0.05) is 18.8 Å². The van der Waals surface area contributed by atoms with Crippen molar-refractivity contribution in [3.8, 4) is 5.88 Å². The molecule has 19 heavy (non-hydrogen) atoms. The zero-order valence-electron chi connectivity index (χ0n) is 11.3. The molecule has 0 unspecified atom stereocenters. The molecule has 2 rings (SSSR count). The van der Waals surface area contributed by atoms with E-state index in [4.69, 9.17) is 4.74 Å². The lowest BCUT2D eigenvalue weighted by molar-refractivity contribution is 0.326. The molecule has 0 saturated carbocycles. The Hall–Kier alpha value is -2.17. The minimum atomic E-state index is 0.600. The Morgan fingerprint density at radius 3 is 2.74 bits per heavy atom. The van der Waals surface area contributed by atoms with Crippen molar-refractivity contribution in [1.29, 1.82) is 0 Å². The minimum Gasteiger partial charge on any atom is -0.478 e. The number of hydrogen-bond donors (Lipinski definition) is 0. The van der Waals surface area contributed by atoms with Crippen LogP contribution in [-0.4, -0.2) is 28.1 Å². The van der Waals surface area contributed by atoms with Gasteiger partial charge in [0.25, 0.3) is 0 Å². The summed E-state index contributed by atoms with van der Waals surface area (Å²) < 4.78 is 5.40. The first-order valence-electron chi connectivity index (χ1n) is 6.43. The molecule has 0 aromatic carbocycles. The fraction of sp³-hybridized carbons (Fsp3) is 0.357. The van der Waals surface area contributed by atoms with Gasteiger partial charge in [0.15, 0.2) is 0 Å². The van der Waals surface area contributed by atoms with Gasteiger partial charge < -0.3 is 9.64 Å². The summed E-state index contributed by atoms with van der Waals surface area (Å²) in [4.78, 5) is 14.8. The van der Waals surface area contributed by atoms with Gasteiger partial charge in [-0.05, 0) is 26.0 Å². The Morgan fingerprint density at radius 2 is 2.05 bits per heavy atom. The van der Waals surface area contributed by atoms with Gasteiger partial charge in [0.1, 0.15) is 12.1 Å². The smallest absolute Gasteiger partial charge is 0.218 e. The molecule has 0 amide bonds. The van der Waals surface area contributed by atoms with Gasteiger partial charge in [-0.2, -0.15) is 0 Å². The molecule has 0 bridgehead atoms. The largest absolute Gasteiger partial charge is 0.478 e. The second-order valence-electron chi connectivity index (χ2n) is 3.98. The Kier molecular flexibility index (Phi) is 4.66. The van der Waals surface area contributed by atoms with E-state index in [1.807, 2.05) is 31.2 Å². The highest BCUT2D eigenvalue weighted by Gasteiger charge is 2.09. The third-order valence-corrected chi connectivity index (χ3v) is 2.70. The lowest BCUT2D eigenvalue weighted by Crippen LogP contribution is -2.23. The summed E-state index contributed by atoms with van der Waals surface area (Å²) in [6, 6.07) is 7.77. The molecule has 0 N–H and O–H groups in total. The molecule has 2 heterocycles. The number of aromatic nitrogens is 3. The average Bonchev–Trinajstić information content (AvgIpc) is 2.46. The normalized spacial score (nSPS) is 10.2. The van der Waals surface area contributed by atoms with Gasteiger partial charge in [-0.3, -0.25) is 4.98 Å². The van der Waals surface area contributed by atoms with Crippen molar-refractivity contribution in [3.05, 3.63) is 42.5 Å². The van der Waals surface area contributed by atoms with E-state index in [9.17, 15) is 0 Å². The topological polar surface area (TPSA) is 51.1 Å². The molecule has 5 nitrogen and oxygen atoms in total. The predicted molar refractivity (Wildman–Crippen MR) is 74.2 cm³/mol. The van der Waals surface area contributed by atoms with Gasteiger partial charge >= 0.3 is 0 Å². The first-order valence-corrected chi connectivity index (χ1v) is 6.43. The van der Waals surface area contributed by atoms with E-state index < -0.39 is 0 Å². The molecule has 0 radical (unpaired) electrons. The highest BCUT2D eigenvalue weighted by molar-refractivity contribution is 5.41. The van der Waals surface area contributed by atoms with E-state index in [2.05, 4.69) is 26.8 Å². The molecule has 0 fully saturated rings. The van der Waals surface area contributed by atoms with Gasteiger partial charge in [-0.25, -0.2) is 9.97 Å². The molecule has 0 aliphatic carbocycles. The Bertz CT molecular complexity index is 504. The fourth-order valence-electron chi connectivity index (χ4n) is 1.77. The Balaban J connectivity index is 2.15. The molecule has 100 valence electrons. The molecular weight excluding hydrogens is 240 g/mol. The minimum absolute atomic E-state index is 0.600. The lowest BCUT2D eigenvalue weighted by atomic mass is 10.3. The van der Waals surface area contributed by atoms with Gasteiger partial charge in [0.05, 0.1) is 18.8 Å². The molecule has 0 spiro atoms. The molecule has 2 aromatic heterocycles. The number of rotatable bonds is 6. The zero-order valence-corrected chi connectivity index (χ0v) is 11.3. The number of hydrogen-bond acceptors (Lipinski definition) is 5. The van der Waals surface area contributed by atoms with Crippen molar-refractivity contribution >= 4 is 5.82 Å². The Morgan fingerprint density at radius 1 is 1.16 bits per heavy atom. The van der Waals surface area contributed by atoms with Crippen LogP contribution in [0.5, 0.6) is 5.88 Å². The van der Waals surface area contributed by atoms with E-state index >= 15 is 0 Å². The first-order chi connectivity index (χ1) is 9.33. The van der Waals surface area contributed by atoms with Gasteiger partial charge in [0.2, 0.25) is 5.88 Å². The number of nitrogens with zero attached hydrogens (tertiary/aromatic N) is 4. The van der Waals surface area contributed by atoms with Crippen molar-refractivity contribution in [2.24, 2.45) is 0 Å². The van der Waals surface area contributed by atoms with E-state index in [0.29, 0.717) is 12.5 Å². The van der Waals surface area contributed by atoms with Crippen LogP contribution in [0.1, 0.15) is 19.5 Å². The molecule has 0 aliphatic heterocycles. The maximum Gasteiger partial charge on any atom is 0.218 e. The van der Waals surface area contributed by atoms with Crippen molar-refractivity contribution in [1.82, 2.24) is 15.0 Å². The second kappa shape index (κ2) is 6.68. The van der Waals surface area contributed by atoms with Gasteiger partial charge in [-0.15, -0.1) is 0 Å². The summed E-state index contributed by atoms with van der Waals surface area (Å²) in [6.45, 7) is 6.19. The summed E-state index contributed by atoms with van der Waals surface area (Å²) in [7, 11) is 0. The third-order valence-electron chi connectivity index (χ3n) is 2.70. The number of pyridine rings is 1. The maximum absolute atomic E-state index is 5.40. The van der Waals surface area contributed by atoms with Crippen LogP contribution in [0.2, 0.25) is 0 Å². The SMILES string of the molecule is CCOc1cc(N(CC)Cc2ccccn2)ncn1. The van der Waals surface area contributed by atoms with Crippen molar-refractivity contribution < 1.29 is 4.74 Å². The number of ether oxygens (including phenoxy) is 1. The summed E-state index contributed by atoms with van der Waals surface area (Å²) in [5.41, 5.74) is 1.01. The van der Waals surface area contributed by atoms with Crippen LogP contribution < -0.4 is 9.64 Å². The molecule has 0 saturated heterocycles. The zero-order chi connectivity index (χ0) is 13.5. The highest BCUT2D eigenvalue weighted by atomic mass is 16.5. The summed E-state index contributed by atoms with van der Waals surface area (Å²) in [5, 5.41) is 0. The quantitative estimate of drug-likeness (QED) is 0.795. The molecule has 2 aromatic rings. The maximum atomic E-state index is 5.40. The molecular formula is C14H18N4O. The summed E-state index contributed by atoms with van der Waals surface area (Å²) in [5.74, 6) is 1.46. The van der Waals surface area contributed by atoms with Crippen LogP contribution >= 0.6 is 0 Å². The van der Waals surface area contributed by atoms with Crippen molar-refractivity contribution in [2.45, 2.75) is 20.4 Å². The van der Waals surface area contributed by atoms with E-state index in [0.717, 1.165) is 24.6 Å². The van der Waals surface area contributed by atoms with E-state index in [-0.39, 0.29) is 0 Å². The standard InChI is InChI=1S/C14H18N4O/c1-3-18(10-12-7-5-6-8-15-12)13-9-14(19-4-2)17-11-16-13/h5-9,11H,3-4,10H2,1-2H3. The first kappa shape index (κ1) is 13.3. The van der Waals surface area contributed by atoms with Crippen molar-refractivity contribution in [3.63, 3.8) is 0 Å². The lowest BCUT2D eigenvalue weighted by Gasteiger charge is -2.21. The molecule has 5 heteroatoms. The monoisotopic (exact) mass is 258 g/mol. The number of anilines is 1. The second-order valence-corrected chi connectivity index (χ2v) is 3.98. The van der Waals surface area contributed by atoms with Crippen LogP contribution in [0, 0.1) is 0 Å². The van der Waals surface area contributed by atoms with Crippen LogP contribution in [-0.2, 0) is 6.54 Å². The van der Waals surface area contributed by atoms with E-state index in [1.54, 1.807) is 6.20 Å². The van der Waals surface area contributed by atoms with Crippen molar-refractivity contribution in [2.75, 3.05) is 18.1 Å².